The Labute approximate surface area is 77.8 Å². The molecule has 0 amide bonds. The Kier molecular flexibility index (Phi) is 4.18. The van der Waals surface area contributed by atoms with Crippen molar-refractivity contribution in [1.82, 2.24) is 0 Å². The number of carboxylic acids is 1. The van der Waals surface area contributed by atoms with Crippen molar-refractivity contribution in [2.45, 2.75) is 38.4 Å². The van der Waals surface area contributed by atoms with E-state index in [9.17, 15) is 4.79 Å². The summed E-state index contributed by atoms with van der Waals surface area (Å²) in [5, 5.41) is 8.55. The van der Waals surface area contributed by atoms with Crippen molar-refractivity contribution >= 4 is 5.97 Å². The molecule has 1 N–H and O–H groups in total. The minimum atomic E-state index is -0.921. The topological polar surface area (TPSA) is 55.8 Å². The predicted octanol–water partition coefficient (Wildman–Crippen LogP) is 1.05. The largest absolute Gasteiger partial charge is 0.479 e. The maximum Gasteiger partial charge on any atom is 0.332 e. The molecule has 0 aliphatic carbocycles. The van der Waals surface area contributed by atoms with E-state index in [1.807, 2.05) is 0 Å². The van der Waals surface area contributed by atoms with Crippen LogP contribution in [0.2, 0.25) is 0 Å². The average molecular weight is 188 g/mol. The van der Waals surface area contributed by atoms with Crippen LogP contribution in [0.15, 0.2) is 0 Å². The summed E-state index contributed by atoms with van der Waals surface area (Å²) < 4.78 is 10.5. The molecule has 13 heavy (non-hydrogen) atoms. The van der Waals surface area contributed by atoms with Gasteiger partial charge in [0.1, 0.15) is 0 Å². The van der Waals surface area contributed by atoms with Crippen LogP contribution in [0.1, 0.15) is 26.2 Å². The second-order valence-corrected chi connectivity index (χ2v) is 3.30. The fourth-order valence-corrected chi connectivity index (χ4v) is 1.26. The zero-order chi connectivity index (χ0) is 9.68. The molecule has 0 aromatic heterocycles. The minimum absolute atomic E-state index is 0.0931. The van der Waals surface area contributed by atoms with Gasteiger partial charge in [0.15, 0.2) is 6.10 Å². The number of rotatable bonds is 4. The molecule has 2 atom stereocenters. The standard InChI is InChI=1S/C9H16O4/c1-7(9(10)11)13-6-8-4-2-3-5-12-8/h7-8H,2-6H2,1H3,(H,10,11). The molecule has 0 aromatic rings. The molecule has 4 nitrogen and oxygen atoms in total. The van der Waals surface area contributed by atoms with Crippen LogP contribution in [-0.4, -0.2) is 36.5 Å². The van der Waals surface area contributed by atoms with E-state index >= 15 is 0 Å². The van der Waals surface area contributed by atoms with Crippen molar-refractivity contribution in [2.75, 3.05) is 13.2 Å². The van der Waals surface area contributed by atoms with Gasteiger partial charge in [-0.2, -0.15) is 0 Å². The maximum atomic E-state index is 10.4. The fraction of sp³-hybridized carbons (Fsp3) is 0.889. The third-order valence-corrected chi connectivity index (χ3v) is 2.15. The molecule has 1 heterocycles. The summed E-state index contributed by atoms with van der Waals surface area (Å²) in [5.74, 6) is -0.921. The van der Waals surface area contributed by atoms with E-state index in [0.29, 0.717) is 6.61 Å². The first kappa shape index (κ1) is 10.5. The van der Waals surface area contributed by atoms with Gasteiger partial charge in [-0.3, -0.25) is 0 Å². The van der Waals surface area contributed by atoms with Gasteiger partial charge in [0.2, 0.25) is 0 Å². The first-order chi connectivity index (χ1) is 6.20. The molecule has 0 aromatic carbocycles. The lowest BCUT2D eigenvalue weighted by molar-refractivity contribution is -0.152. The van der Waals surface area contributed by atoms with Crippen LogP contribution in [0.4, 0.5) is 0 Å². The second-order valence-electron chi connectivity index (χ2n) is 3.30. The van der Waals surface area contributed by atoms with E-state index in [4.69, 9.17) is 14.6 Å². The lowest BCUT2D eigenvalue weighted by Gasteiger charge is -2.23. The highest BCUT2D eigenvalue weighted by atomic mass is 16.5. The van der Waals surface area contributed by atoms with Crippen molar-refractivity contribution in [3.63, 3.8) is 0 Å². The third-order valence-electron chi connectivity index (χ3n) is 2.15. The van der Waals surface area contributed by atoms with Crippen LogP contribution < -0.4 is 0 Å². The van der Waals surface area contributed by atoms with Gasteiger partial charge in [-0.25, -0.2) is 4.79 Å². The van der Waals surface area contributed by atoms with Gasteiger partial charge >= 0.3 is 5.97 Å². The van der Waals surface area contributed by atoms with Crippen molar-refractivity contribution in [3.8, 4) is 0 Å². The molecule has 0 radical (unpaired) electrons. The molecule has 0 spiro atoms. The number of hydrogen-bond donors (Lipinski definition) is 1. The normalized spacial score (nSPS) is 25.5. The lowest BCUT2D eigenvalue weighted by Crippen LogP contribution is -2.29. The molecule has 76 valence electrons. The first-order valence-corrected chi connectivity index (χ1v) is 4.66. The summed E-state index contributed by atoms with van der Waals surface area (Å²) in [4.78, 5) is 10.4. The summed E-state index contributed by atoms with van der Waals surface area (Å²) in [5.41, 5.74) is 0. The molecule has 4 heteroatoms. The zero-order valence-electron chi connectivity index (χ0n) is 7.86. The van der Waals surface area contributed by atoms with Crippen LogP contribution >= 0.6 is 0 Å². The van der Waals surface area contributed by atoms with Crippen molar-refractivity contribution in [1.29, 1.82) is 0 Å². The van der Waals surface area contributed by atoms with Gasteiger partial charge in [0.25, 0.3) is 0 Å². The summed E-state index contributed by atoms with van der Waals surface area (Å²) in [7, 11) is 0. The predicted molar refractivity (Wildman–Crippen MR) is 46.6 cm³/mol. The first-order valence-electron chi connectivity index (χ1n) is 4.66. The number of carboxylic acid groups (broad SMARTS) is 1. The third kappa shape index (κ3) is 3.74. The Balaban J connectivity index is 2.13. The van der Waals surface area contributed by atoms with Gasteiger partial charge in [-0.1, -0.05) is 0 Å². The Bertz CT molecular complexity index is 163. The van der Waals surface area contributed by atoms with E-state index in [0.717, 1.165) is 25.9 Å². The highest BCUT2D eigenvalue weighted by molar-refractivity contribution is 5.71. The summed E-state index contributed by atoms with van der Waals surface area (Å²) >= 11 is 0. The quantitative estimate of drug-likeness (QED) is 0.716. The maximum absolute atomic E-state index is 10.4. The number of aliphatic carboxylic acids is 1. The van der Waals surface area contributed by atoms with Crippen LogP contribution in [0.3, 0.4) is 0 Å². The van der Waals surface area contributed by atoms with Gasteiger partial charge in [-0.15, -0.1) is 0 Å². The van der Waals surface area contributed by atoms with Crippen LogP contribution in [0.5, 0.6) is 0 Å². The Morgan fingerprint density at radius 3 is 3.00 bits per heavy atom. The van der Waals surface area contributed by atoms with Crippen LogP contribution in [0.25, 0.3) is 0 Å². The van der Waals surface area contributed by atoms with E-state index < -0.39 is 12.1 Å². The van der Waals surface area contributed by atoms with Crippen LogP contribution in [0, 0.1) is 0 Å². The molecular formula is C9H16O4. The molecule has 1 aliphatic rings. The summed E-state index contributed by atoms with van der Waals surface area (Å²) in [6, 6.07) is 0. The molecule has 0 bridgehead atoms. The Hall–Kier alpha value is -0.610. The number of ether oxygens (including phenoxy) is 2. The smallest absolute Gasteiger partial charge is 0.332 e. The minimum Gasteiger partial charge on any atom is -0.479 e. The average Bonchev–Trinajstić information content (AvgIpc) is 2.15. The van der Waals surface area contributed by atoms with Gasteiger partial charge in [0.05, 0.1) is 12.7 Å². The number of hydrogen-bond acceptors (Lipinski definition) is 3. The molecule has 1 fully saturated rings. The number of carbonyl (C=O) groups is 1. The Morgan fingerprint density at radius 1 is 1.69 bits per heavy atom. The van der Waals surface area contributed by atoms with Crippen molar-refractivity contribution < 1.29 is 19.4 Å². The van der Waals surface area contributed by atoms with Crippen LogP contribution in [-0.2, 0) is 14.3 Å². The molecule has 2 unspecified atom stereocenters. The molecule has 1 aliphatic heterocycles. The summed E-state index contributed by atoms with van der Waals surface area (Å²) in [6.07, 6.45) is 2.59. The van der Waals surface area contributed by atoms with E-state index in [1.165, 1.54) is 6.92 Å². The molecule has 1 saturated heterocycles. The molecule has 1 rings (SSSR count). The monoisotopic (exact) mass is 188 g/mol. The Morgan fingerprint density at radius 2 is 2.46 bits per heavy atom. The zero-order valence-corrected chi connectivity index (χ0v) is 7.86. The van der Waals surface area contributed by atoms with Gasteiger partial charge < -0.3 is 14.6 Å². The summed E-state index contributed by atoms with van der Waals surface area (Å²) in [6.45, 7) is 2.70. The van der Waals surface area contributed by atoms with Gasteiger partial charge in [-0.05, 0) is 26.2 Å². The highest BCUT2D eigenvalue weighted by Crippen LogP contribution is 2.13. The van der Waals surface area contributed by atoms with Crippen molar-refractivity contribution in [3.05, 3.63) is 0 Å². The lowest BCUT2D eigenvalue weighted by atomic mass is 10.1. The van der Waals surface area contributed by atoms with E-state index in [1.54, 1.807) is 0 Å². The SMILES string of the molecule is CC(OCC1CCCCO1)C(=O)O. The van der Waals surface area contributed by atoms with E-state index in [2.05, 4.69) is 0 Å². The van der Waals surface area contributed by atoms with Crippen molar-refractivity contribution in [2.24, 2.45) is 0 Å². The highest BCUT2D eigenvalue weighted by Gasteiger charge is 2.17. The van der Waals surface area contributed by atoms with Gasteiger partial charge in [0, 0.05) is 6.61 Å². The van der Waals surface area contributed by atoms with E-state index in [-0.39, 0.29) is 6.10 Å². The fourth-order valence-electron chi connectivity index (χ4n) is 1.26. The molecular weight excluding hydrogens is 172 g/mol. The molecule has 0 saturated carbocycles. The second kappa shape index (κ2) is 5.19.